The molecule has 23 heavy (non-hydrogen) atoms. The van der Waals surface area contributed by atoms with Crippen molar-refractivity contribution in [3.05, 3.63) is 28.2 Å². The van der Waals surface area contributed by atoms with Crippen LogP contribution >= 0.6 is 23.2 Å². The predicted octanol–water partition coefficient (Wildman–Crippen LogP) is 3.75. The summed E-state index contributed by atoms with van der Waals surface area (Å²) >= 11 is 12.1. The number of nitrogens with zero attached hydrogens (tertiary/aromatic N) is 2. The third kappa shape index (κ3) is 3.20. The molecule has 2 aliphatic rings. The lowest BCUT2D eigenvalue weighted by atomic mass is 10.0. The van der Waals surface area contributed by atoms with E-state index in [0.29, 0.717) is 28.8 Å². The second kappa shape index (κ2) is 6.70. The van der Waals surface area contributed by atoms with E-state index in [2.05, 4.69) is 0 Å². The highest BCUT2D eigenvalue weighted by molar-refractivity contribution is 6.36. The lowest BCUT2D eigenvalue weighted by Crippen LogP contribution is -2.58. The van der Waals surface area contributed by atoms with E-state index in [4.69, 9.17) is 23.2 Å². The van der Waals surface area contributed by atoms with Crippen molar-refractivity contribution in [1.82, 2.24) is 4.90 Å². The van der Waals surface area contributed by atoms with Crippen LogP contribution in [0.1, 0.15) is 32.6 Å². The van der Waals surface area contributed by atoms with Crippen LogP contribution in [0.5, 0.6) is 0 Å². The van der Waals surface area contributed by atoms with Crippen molar-refractivity contribution >= 4 is 40.7 Å². The average Bonchev–Trinajstić information content (AvgIpc) is 3.04. The average molecular weight is 355 g/mol. The molecule has 4 nitrogen and oxygen atoms in total. The SMILES string of the molecule is CC1C(=O)N(c2ccc(Cl)cc2Cl)CCN1C(=O)C1CCCC1. The Kier molecular flexibility index (Phi) is 4.83. The smallest absolute Gasteiger partial charge is 0.249 e. The van der Waals surface area contributed by atoms with Gasteiger partial charge in [-0.05, 0) is 38.0 Å². The van der Waals surface area contributed by atoms with Gasteiger partial charge in [-0.15, -0.1) is 0 Å². The standard InChI is InChI=1S/C17H20Cl2N2O2/c1-11-16(22)21(15-7-6-13(18)10-14(15)19)9-8-20(11)17(23)12-4-2-3-5-12/h6-7,10-12H,2-5,8-9H2,1H3. The Hall–Kier alpha value is -1.26. The maximum atomic E-state index is 12.7. The Bertz CT molecular complexity index is 629. The van der Waals surface area contributed by atoms with Crippen LogP contribution in [0.2, 0.25) is 10.0 Å². The summed E-state index contributed by atoms with van der Waals surface area (Å²) in [6.07, 6.45) is 4.12. The molecule has 1 aliphatic heterocycles. The Morgan fingerprint density at radius 2 is 1.87 bits per heavy atom. The summed E-state index contributed by atoms with van der Waals surface area (Å²) < 4.78 is 0. The van der Waals surface area contributed by atoms with Gasteiger partial charge >= 0.3 is 0 Å². The molecule has 124 valence electrons. The van der Waals surface area contributed by atoms with Gasteiger partial charge in [-0.1, -0.05) is 36.0 Å². The van der Waals surface area contributed by atoms with E-state index in [9.17, 15) is 9.59 Å². The minimum absolute atomic E-state index is 0.0909. The summed E-state index contributed by atoms with van der Waals surface area (Å²) in [5, 5.41) is 0.989. The summed E-state index contributed by atoms with van der Waals surface area (Å²) in [4.78, 5) is 28.7. The van der Waals surface area contributed by atoms with Crippen LogP contribution in [0.4, 0.5) is 5.69 Å². The first-order valence-electron chi connectivity index (χ1n) is 8.06. The number of amides is 2. The highest BCUT2D eigenvalue weighted by Gasteiger charge is 2.38. The van der Waals surface area contributed by atoms with Gasteiger partial charge in [-0.2, -0.15) is 0 Å². The molecule has 0 bridgehead atoms. The maximum absolute atomic E-state index is 12.7. The summed E-state index contributed by atoms with van der Waals surface area (Å²) in [5.41, 5.74) is 0.654. The Morgan fingerprint density at radius 3 is 2.52 bits per heavy atom. The van der Waals surface area contributed by atoms with Crippen LogP contribution < -0.4 is 4.90 Å². The Labute approximate surface area is 146 Å². The van der Waals surface area contributed by atoms with E-state index >= 15 is 0 Å². The van der Waals surface area contributed by atoms with Gasteiger partial charge in [0.05, 0.1) is 10.7 Å². The first-order chi connectivity index (χ1) is 11.0. The number of carbonyl (C=O) groups is 2. The van der Waals surface area contributed by atoms with Crippen LogP contribution in [0.3, 0.4) is 0 Å². The van der Waals surface area contributed by atoms with Crippen LogP contribution in [-0.4, -0.2) is 35.8 Å². The molecule has 1 atom stereocenters. The lowest BCUT2D eigenvalue weighted by Gasteiger charge is -2.40. The van der Waals surface area contributed by atoms with Crippen molar-refractivity contribution in [2.75, 3.05) is 18.0 Å². The Balaban J connectivity index is 1.77. The maximum Gasteiger partial charge on any atom is 0.249 e. The number of piperazine rings is 1. The zero-order valence-corrected chi connectivity index (χ0v) is 14.6. The predicted molar refractivity (Wildman–Crippen MR) is 91.9 cm³/mol. The van der Waals surface area contributed by atoms with Gasteiger partial charge in [0.25, 0.3) is 0 Å². The molecule has 0 N–H and O–H groups in total. The molecule has 0 aromatic heterocycles. The molecule has 1 saturated carbocycles. The molecule has 1 heterocycles. The van der Waals surface area contributed by atoms with Gasteiger partial charge in [0.15, 0.2) is 0 Å². The molecule has 1 aliphatic carbocycles. The molecule has 6 heteroatoms. The van der Waals surface area contributed by atoms with Gasteiger partial charge in [-0.3, -0.25) is 9.59 Å². The number of halogens is 2. The quantitative estimate of drug-likeness (QED) is 0.811. The number of rotatable bonds is 2. The number of anilines is 1. The summed E-state index contributed by atoms with van der Waals surface area (Å²) in [7, 11) is 0. The molecule has 1 aromatic carbocycles. The topological polar surface area (TPSA) is 40.6 Å². The largest absolute Gasteiger partial charge is 0.329 e. The Morgan fingerprint density at radius 1 is 1.17 bits per heavy atom. The van der Waals surface area contributed by atoms with Crippen molar-refractivity contribution in [3.63, 3.8) is 0 Å². The summed E-state index contributed by atoms with van der Waals surface area (Å²) in [5.74, 6) is 0.132. The normalized spacial score (nSPS) is 22.7. The van der Waals surface area contributed by atoms with Gasteiger partial charge in [0.1, 0.15) is 6.04 Å². The van der Waals surface area contributed by atoms with Crippen LogP contribution in [-0.2, 0) is 9.59 Å². The third-order valence-electron chi connectivity index (χ3n) is 4.84. The van der Waals surface area contributed by atoms with Crippen LogP contribution in [0.25, 0.3) is 0 Å². The van der Waals surface area contributed by atoms with E-state index < -0.39 is 6.04 Å². The fourth-order valence-electron chi connectivity index (χ4n) is 3.52. The molecule has 3 rings (SSSR count). The molecule has 0 spiro atoms. The second-order valence-corrected chi connectivity index (χ2v) is 7.12. The minimum Gasteiger partial charge on any atom is -0.329 e. The number of benzene rings is 1. The van der Waals surface area contributed by atoms with Crippen molar-refractivity contribution in [3.8, 4) is 0 Å². The highest BCUT2D eigenvalue weighted by Crippen LogP contribution is 2.32. The molecule has 1 saturated heterocycles. The number of hydrogen-bond acceptors (Lipinski definition) is 2. The zero-order valence-electron chi connectivity index (χ0n) is 13.1. The van der Waals surface area contributed by atoms with Gasteiger partial charge < -0.3 is 9.80 Å². The fourth-order valence-corrected chi connectivity index (χ4v) is 4.03. The van der Waals surface area contributed by atoms with Gasteiger partial charge in [0.2, 0.25) is 11.8 Å². The van der Waals surface area contributed by atoms with E-state index in [1.807, 2.05) is 0 Å². The van der Waals surface area contributed by atoms with Crippen LogP contribution in [0.15, 0.2) is 18.2 Å². The summed E-state index contributed by atoms with van der Waals surface area (Å²) in [6.45, 7) is 2.80. The zero-order chi connectivity index (χ0) is 16.6. The fraction of sp³-hybridized carbons (Fsp3) is 0.529. The highest BCUT2D eigenvalue weighted by atomic mass is 35.5. The number of hydrogen-bond donors (Lipinski definition) is 0. The van der Waals surface area contributed by atoms with Crippen molar-refractivity contribution in [2.24, 2.45) is 5.92 Å². The van der Waals surface area contributed by atoms with Crippen LogP contribution in [0, 0.1) is 5.92 Å². The molecule has 2 fully saturated rings. The van der Waals surface area contributed by atoms with Gasteiger partial charge in [-0.25, -0.2) is 0 Å². The summed E-state index contributed by atoms with van der Waals surface area (Å²) in [6, 6.07) is 4.65. The molecule has 2 amide bonds. The van der Waals surface area contributed by atoms with E-state index in [0.717, 1.165) is 25.7 Å². The van der Waals surface area contributed by atoms with Gasteiger partial charge in [0, 0.05) is 24.0 Å². The number of carbonyl (C=O) groups excluding carboxylic acids is 2. The van der Waals surface area contributed by atoms with Crippen molar-refractivity contribution in [1.29, 1.82) is 0 Å². The molecular weight excluding hydrogens is 335 g/mol. The lowest BCUT2D eigenvalue weighted by molar-refractivity contribution is -0.143. The second-order valence-electron chi connectivity index (χ2n) is 6.27. The van der Waals surface area contributed by atoms with E-state index in [-0.39, 0.29) is 17.7 Å². The molecule has 0 radical (unpaired) electrons. The van der Waals surface area contributed by atoms with Crippen molar-refractivity contribution in [2.45, 2.75) is 38.6 Å². The van der Waals surface area contributed by atoms with E-state index in [1.165, 1.54) is 0 Å². The third-order valence-corrected chi connectivity index (χ3v) is 5.38. The van der Waals surface area contributed by atoms with Crippen molar-refractivity contribution < 1.29 is 9.59 Å². The minimum atomic E-state index is -0.455. The monoisotopic (exact) mass is 354 g/mol. The van der Waals surface area contributed by atoms with E-state index in [1.54, 1.807) is 34.9 Å². The first-order valence-corrected chi connectivity index (χ1v) is 8.81. The molecule has 1 unspecified atom stereocenters. The molecular formula is C17H20Cl2N2O2. The first kappa shape index (κ1) is 16.6. The molecule has 1 aromatic rings.